The summed E-state index contributed by atoms with van der Waals surface area (Å²) < 4.78 is 88.6. The van der Waals surface area contributed by atoms with Crippen LogP contribution in [0, 0.1) is 25.2 Å². The van der Waals surface area contributed by atoms with Crippen molar-refractivity contribution in [2.45, 2.75) is 45.9 Å². The number of aliphatic hydroxyl groups is 1. The Morgan fingerprint density at radius 1 is 0.722 bits per heavy atom. The number of hydrogen-bond acceptors (Lipinski definition) is 8. The highest BCUT2D eigenvalue weighted by atomic mass is 19.4. The monoisotopic (exact) mass is 755 g/mol. The normalized spacial score (nSPS) is 15.1. The number of nitriles is 1. The summed E-state index contributed by atoms with van der Waals surface area (Å²) in [6.45, 7) is 5.44. The van der Waals surface area contributed by atoms with E-state index in [1.807, 2.05) is 6.07 Å². The van der Waals surface area contributed by atoms with E-state index in [2.05, 4.69) is 9.97 Å². The molecule has 1 N–H and O–H groups in total. The lowest BCUT2D eigenvalue weighted by molar-refractivity contribution is -0.144. The first-order chi connectivity index (χ1) is 25.6. The summed E-state index contributed by atoms with van der Waals surface area (Å²) in [5.41, 5.74) is 1.68. The number of aryl methyl sites for hydroxylation is 2. The van der Waals surface area contributed by atoms with Crippen LogP contribution < -0.4 is 0 Å². The van der Waals surface area contributed by atoms with E-state index in [0.29, 0.717) is 61.6 Å². The van der Waals surface area contributed by atoms with Crippen molar-refractivity contribution < 1.29 is 50.5 Å². The van der Waals surface area contributed by atoms with Crippen LogP contribution in [0.1, 0.15) is 44.8 Å². The fraction of sp³-hybridized carbons (Fsp3) is 0.342. The number of nitrogens with zero attached hydrogens (tertiary/aromatic N) is 5. The molecule has 284 valence electrons. The molecule has 4 aromatic rings. The van der Waals surface area contributed by atoms with Gasteiger partial charge in [-0.15, -0.1) is 0 Å². The molecule has 2 fully saturated rings. The van der Waals surface area contributed by atoms with E-state index in [1.54, 1.807) is 58.3 Å². The molecule has 0 unspecified atom stereocenters. The van der Waals surface area contributed by atoms with E-state index in [4.69, 9.17) is 9.47 Å². The third-order valence-electron chi connectivity index (χ3n) is 8.78. The second-order valence-electron chi connectivity index (χ2n) is 12.6. The fourth-order valence-corrected chi connectivity index (χ4v) is 5.86. The van der Waals surface area contributed by atoms with E-state index in [-0.39, 0.29) is 47.5 Å². The number of carbonyl (C=O) groups is 2. The Morgan fingerprint density at radius 2 is 1.15 bits per heavy atom. The first kappa shape index (κ1) is 39.8. The zero-order valence-corrected chi connectivity index (χ0v) is 29.2. The van der Waals surface area contributed by atoms with E-state index in [9.17, 15) is 46.3 Å². The van der Waals surface area contributed by atoms with Gasteiger partial charge in [0, 0.05) is 42.9 Å². The molecule has 10 nitrogen and oxygen atoms in total. The highest BCUT2D eigenvalue weighted by Crippen LogP contribution is 2.34. The minimum Gasteiger partial charge on any atom is -0.392 e. The van der Waals surface area contributed by atoms with Crippen molar-refractivity contribution in [3.8, 4) is 28.6 Å². The Labute approximate surface area is 306 Å². The largest absolute Gasteiger partial charge is 0.433 e. The van der Waals surface area contributed by atoms with Crippen LogP contribution in [0.4, 0.5) is 26.3 Å². The summed E-state index contributed by atoms with van der Waals surface area (Å²) in [5.74, 6) is -0.199. The van der Waals surface area contributed by atoms with Gasteiger partial charge >= 0.3 is 12.4 Å². The molecule has 2 amide bonds. The Kier molecular flexibility index (Phi) is 12.4. The molecule has 0 radical (unpaired) electrons. The van der Waals surface area contributed by atoms with E-state index in [1.165, 1.54) is 13.8 Å². The van der Waals surface area contributed by atoms with Crippen molar-refractivity contribution in [1.82, 2.24) is 19.8 Å². The molecule has 2 aliphatic heterocycles. The number of amides is 2. The first-order valence-corrected chi connectivity index (χ1v) is 16.7. The molecule has 2 saturated heterocycles. The summed E-state index contributed by atoms with van der Waals surface area (Å²) in [6, 6.07) is 17.2. The van der Waals surface area contributed by atoms with Crippen LogP contribution in [0.2, 0.25) is 0 Å². The summed E-state index contributed by atoms with van der Waals surface area (Å²) >= 11 is 0. The summed E-state index contributed by atoms with van der Waals surface area (Å²) in [5, 5.41) is 18.9. The molecule has 2 aromatic heterocycles. The standard InChI is InChI=1S/C19H16F3N3O2.C19H19F3N2O3/c1-12-8-16(19(20,21)22)24-18(15(12)9-23)14-4-2-13(3-5-14)10-25-6-7-27-11-17(25)26;1-12-8-16(19(20,21)22)23-18(15(12)10-25)14-4-2-13(3-5-14)9-24-6-7-27-11-17(24)26/h2-5,8H,6-7,10-11H2,1H3;2-5,8,25H,6-7,9-11H2,1H3. The molecule has 0 saturated carbocycles. The summed E-state index contributed by atoms with van der Waals surface area (Å²) in [4.78, 5) is 34.3. The Balaban J connectivity index is 0.000000208. The van der Waals surface area contributed by atoms with E-state index < -0.39 is 30.3 Å². The van der Waals surface area contributed by atoms with Gasteiger partial charge in [0.2, 0.25) is 11.8 Å². The number of aliphatic hydroxyl groups excluding tert-OH is 1. The molecule has 0 spiro atoms. The van der Waals surface area contributed by atoms with Gasteiger partial charge in [-0.25, -0.2) is 9.97 Å². The maximum Gasteiger partial charge on any atom is 0.433 e. The van der Waals surface area contributed by atoms with Gasteiger partial charge in [-0.2, -0.15) is 31.6 Å². The van der Waals surface area contributed by atoms with E-state index >= 15 is 0 Å². The van der Waals surface area contributed by atoms with Gasteiger partial charge < -0.3 is 24.4 Å². The van der Waals surface area contributed by atoms with Crippen LogP contribution in [0.15, 0.2) is 60.7 Å². The molecule has 2 aliphatic rings. The minimum absolute atomic E-state index is 0.00109. The molecule has 6 rings (SSSR count). The van der Waals surface area contributed by atoms with Crippen LogP contribution in [0.5, 0.6) is 0 Å². The highest BCUT2D eigenvalue weighted by Gasteiger charge is 2.35. The van der Waals surface area contributed by atoms with Crippen LogP contribution in [0.3, 0.4) is 0 Å². The molecule has 4 heterocycles. The molecular formula is C38H35F6N5O5. The van der Waals surface area contributed by atoms with Gasteiger partial charge in [0.1, 0.15) is 30.7 Å². The van der Waals surface area contributed by atoms with Crippen molar-refractivity contribution in [3.63, 3.8) is 0 Å². The van der Waals surface area contributed by atoms with Crippen molar-refractivity contribution in [2.24, 2.45) is 0 Å². The van der Waals surface area contributed by atoms with Crippen molar-refractivity contribution in [2.75, 3.05) is 39.5 Å². The second-order valence-corrected chi connectivity index (χ2v) is 12.6. The topological polar surface area (TPSA) is 129 Å². The molecule has 0 atom stereocenters. The van der Waals surface area contributed by atoms with Crippen LogP contribution in [0.25, 0.3) is 22.5 Å². The smallest absolute Gasteiger partial charge is 0.392 e. The zero-order valence-electron chi connectivity index (χ0n) is 29.2. The Hall–Kier alpha value is -5.37. The van der Waals surface area contributed by atoms with Crippen molar-refractivity contribution in [1.29, 1.82) is 5.26 Å². The van der Waals surface area contributed by atoms with Crippen LogP contribution >= 0.6 is 0 Å². The quantitative estimate of drug-likeness (QED) is 0.220. The predicted octanol–water partition coefficient (Wildman–Crippen LogP) is 6.23. The number of rotatable bonds is 7. The van der Waals surface area contributed by atoms with Crippen molar-refractivity contribution >= 4 is 11.8 Å². The average Bonchev–Trinajstić information content (AvgIpc) is 3.13. The van der Waals surface area contributed by atoms with Crippen LogP contribution in [-0.4, -0.2) is 76.2 Å². The number of benzene rings is 2. The van der Waals surface area contributed by atoms with Crippen LogP contribution in [-0.2, 0) is 51.1 Å². The SMILES string of the molecule is Cc1cc(C(F)(F)F)nc(-c2ccc(CN3CCOCC3=O)cc2)c1C#N.Cc1cc(C(F)(F)F)nc(-c2ccc(CN3CCOCC3=O)cc2)c1CO. The third kappa shape index (κ3) is 9.59. The number of morpholine rings is 2. The third-order valence-corrected chi connectivity index (χ3v) is 8.78. The van der Waals surface area contributed by atoms with E-state index in [0.717, 1.165) is 23.3 Å². The molecular weight excluding hydrogens is 720 g/mol. The number of pyridine rings is 2. The molecule has 0 bridgehead atoms. The number of hydrogen-bond donors (Lipinski definition) is 1. The number of aromatic nitrogens is 2. The zero-order chi connectivity index (χ0) is 39.2. The molecule has 16 heteroatoms. The lowest BCUT2D eigenvalue weighted by atomic mass is 10.00. The number of ether oxygens (including phenoxy) is 2. The number of alkyl halides is 6. The van der Waals surface area contributed by atoms with Gasteiger partial charge in [0.05, 0.1) is 36.8 Å². The van der Waals surface area contributed by atoms with Gasteiger partial charge in [-0.05, 0) is 48.2 Å². The summed E-state index contributed by atoms with van der Waals surface area (Å²) in [7, 11) is 0. The number of halogens is 6. The maximum atomic E-state index is 13.1. The first-order valence-electron chi connectivity index (χ1n) is 16.7. The van der Waals surface area contributed by atoms with Gasteiger partial charge in [0.25, 0.3) is 0 Å². The molecule has 0 aliphatic carbocycles. The lowest BCUT2D eigenvalue weighted by Crippen LogP contribution is -2.40. The predicted molar refractivity (Wildman–Crippen MR) is 182 cm³/mol. The molecule has 54 heavy (non-hydrogen) atoms. The Morgan fingerprint density at radius 3 is 1.56 bits per heavy atom. The second kappa shape index (κ2) is 16.8. The fourth-order valence-electron chi connectivity index (χ4n) is 5.86. The summed E-state index contributed by atoms with van der Waals surface area (Å²) in [6.07, 6.45) is -9.16. The number of carbonyl (C=O) groups excluding carboxylic acids is 2. The highest BCUT2D eigenvalue weighted by molar-refractivity contribution is 5.78. The average molecular weight is 756 g/mol. The maximum absolute atomic E-state index is 13.1. The van der Waals surface area contributed by atoms with Crippen molar-refractivity contribution in [3.05, 3.63) is 105 Å². The van der Waals surface area contributed by atoms with Gasteiger partial charge in [0.15, 0.2) is 0 Å². The van der Waals surface area contributed by atoms with Gasteiger partial charge in [-0.3, -0.25) is 9.59 Å². The van der Waals surface area contributed by atoms with Gasteiger partial charge in [-0.1, -0.05) is 48.5 Å². The Bertz CT molecular complexity index is 2030. The minimum atomic E-state index is -4.59. The lowest BCUT2D eigenvalue weighted by Gasteiger charge is -2.26. The molecule has 2 aromatic carbocycles.